The Morgan fingerprint density at radius 2 is 1.02 bits per heavy atom. The molecule has 0 unspecified atom stereocenters. The van der Waals surface area contributed by atoms with E-state index < -0.39 is 0 Å². The summed E-state index contributed by atoms with van der Waals surface area (Å²) in [4.78, 5) is 0. The highest BCUT2D eigenvalue weighted by molar-refractivity contribution is 5.85. The second-order valence-electron chi connectivity index (χ2n) is 13.1. The van der Waals surface area contributed by atoms with Crippen LogP contribution in [0, 0.1) is 23.7 Å². The minimum atomic E-state index is 0.238. The maximum absolute atomic E-state index is 3.78. The molecule has 1 nitrogen and oxygen atoms in total. The molecule has 4 bridgehead atoms. The second-order valence-corrected chi connectivity index (χ2v) is 13.1. The van der Waals surface area contributed by atoms with Gasteiger partial charge in [-0.25, -0.2) is 0 Å². The molecule has 0 heterocycles. The minimum Gasteiger partial charge on any atom is -0.355 e. The fraction of sp³-hybridized carbons (Fsp3) is 0.250. The smallest absolute Gasteiger partial charge is 0.0390 e. The summed E-state index contributed by atoms with van der Waals surface area (Å²) in [5.41, 5.74) is 13.7. The number of benzene rings is 5. The van der Waals surface area contributed by atoms with Crippen molar-refractivity contribution in [3.8, 4) is 33.4 Å². The maximum Gasteiger partial charge on any atom is 0.0390 e. The molecule has 1 heteroatoms. The standard InChI is InChI=1S/C40H35N/c1-2-8-28(9-3-1)29-10-6-11-30(23-29)31-12-7-13-34(24-31)41-35-16-17-39-37(25-35)36-14-4-5-15-38(36)40(39)32-19-26-18-27(21-32)22-33(40)20-26/h1-17,23-27,32-33,41H,18-22H2. The molecule has 5 aliphatic carbocycles. The summed E-state index contributed by atoms with van der Waals surface area (Å²) >= 11 is 0. The average Bonchev–Trinajstić information content (AvgIpc) is 3.30. The molecule has 5 aromatic carbocycles. The van der Waals surface area contributed by atoms with Gasteiger partial charge in [-0.3, -0.25) is 0 Å². The zero-order valence-corrected chi connectivity index (χ0v) is 23.4. The van der Waals surface area contributed by atoms with Gasteiger partial charge in [-0.05, 0) is 131 Å². The first-order chi connectivity index (χ1) is 20.3. The molecule has 0 radical (unpaired) electrons. The van der Waals surface area contributed by atoms with E-state index in [-0.39, 0.29) is 5.41 Å². The Bertz CT molecular complexity index is 1750. The SMILES string of the molecule is c1ccc(-c2cccc(-c3cccc(Nc4ccc5c(c4)-c4ccccc4C54C5CC6CC(C5)CC4C6)c3)c2)cc1. The average molecular weight is 530 g/mol. The number of anilines is 2. The summed E-state index contributed by atoms with van der Waals surface area (Å²) in [6.07, 6.45) is 7.21. The highest BCUT2D eigenvalue weighted by Crippen LogP contribution is 2.69. The van der Waals surface area contributed by atoms with Gasteiger partial charge in [0.1, 0.15) is 0 Å². The van der Waals surface area contributed by atoms with Crippen molar-refractivity contribution in [2.45, 2.75) is 37.5 Å². The molecule has 5 aliphatic rings. The number of hydrogen-bond donors (Lipinski definition) is 1. The first-order valence-corrected chi connectivity index (χ1v) is 15.5. The molecule has 200 valence electrons. The quantitative estimate of drug-likeness (QED) is 0.244. The molecule has 0 amide bonds. The van der Waals surface area contributed by atoms with Crippen molar-refractivity contribution in [2.75, 3.05) is 5.32 Å². The van der Waals surface area contributed by atoms with Crippen LogP contribution in [0.1, 0.15) is 43.2 Å². The van der Waals surface area contributed by atoms with Crippen molar-refractivity contribution in [2.24, 2.45) is 23.7 Å². The van der Waals surface area contributed by atoms with Crippen LogP contribution < -0.4 is 5.32 Å². The molecular weight excluding hydrogens is 494 g/mol. The van der Waals surface area contributed by atoms with Crippen LogP contribution in [-0.4, -0.2) is 0 Å². The number of hydrogen-bond acceptors (Lipinski definition) is 1. The molecule has 10 rings (SSSR count). The third-order valence-corrected chi connectivity index (χ3v) is 11.0. The minimum absolute atomic E-state index is 0.238. The van der Waals surface area contributed by atoms with Crippen molar-refractivity contribution in [3.05, 3.63) is 132 Å². The third-order valence-electron chi connectivity index (χ3n) is 11.0. The van der Waals surface area contributed by atoms with Gasteiger partial charge in [0.25, 0.3) is 0 Å². The molecule has 0 aromatic heterocycles. The highest BCUT2D eigenvalue weighted by Gasteiger charge is 2.61. The van der Waals surface area contributed by atoms with E-state index in [1.165, 1.54) is 71.2 Å². The molecule has 0 atom stereocenters. The monoisotopic (exact) mass is 529 g/mol. The number of fused-ring (bicyclic) bond motifs is 3. The van der Waals surface area contributed by atoms with E-state index >= 15 is 0 Å². The summed E-state index contributed by atoms with van der Waals surface area (Å²) in [5, 5.41) is 3.78. The molecular formula is C40H35N. The molecule has 0 aliphatic heterocycles. The van der Waals surface area contributed by atoms with Crippen LogP contribution in [0.4, 0.5) is 11.4 Å². The first-order valence-electron chi connectivity index (χ1n) is 15.5. The van der Waals surface area contributed by atoms with Crippen molar-refractivity contribution < 1.29 is 0 Å². The zero-order chi connectivity index (χ0) is 27.0. The summed E-state index contributed by atoms with van der Waals surface area (Å²) in [5.74, 6) is 3.56. The van der Waals surface area contributed by atoms with Gasteiger partial charge in [0.15, 0.2) is 0 Å². The van der Waals surface area contributed by atoms with Crippen molar-refractivity contribution >= 4 is 11.4 Å². The van der Waals surface area contributed by atoms with Gasteiger partial charge in [0.2, 0.25) is 0 Å². The van der Waals surface area contributed by atoms with Crippen LogP contribution in [-0.2, 0) is 5.41 Å². The van der Waals surface area contributed by atoms with Crippen LogP contribution >= 0.6 is 0 Å². The van der Waals surface area contributed by atoms with Crippen LogP contribution in [0.3, 0.4) is 0 Å². The summed E-state index contributed by atoms with van der Waals surface area (Å²) in [7, 11) is 0. The molecule has 4 saturated carbocycles. The lowest BCUT2D eigenvalue weighted by atomic mass is 9.43. The lowest BCUT2D eigenvalue weighted by Gasteiger charge is -2.61. The Morgan fingerprint density at radius 3 is 1.80 bits per heavy atom. The van der Waals surface area contributed by atoms with Gasteiger partial charge in [0, 0.05) is 16.8 Å². The summed E-state index contributed by atoms with van der Waals surface area (Å²) in [6, 6.07) is 45.0. The lowest BCUT2D eigenvalue weighted by Crippen LogP contribution is -2.55. The van der Waals surface area contributed by atoms with Crippen molar-refractivity contribution in [1.29, 1.82) is 0 Å². The van der Waals surface area contributed by atoms with E-state index in [2.05, 4.69) is 127 Å². The first kappa shape index (κ1) is 23.6. The van der Waals surface area contributed by atoms with Crippen LogP contribution in [0.15, 0.2) is 121 Å². The molecule has 5 aromatic rings. The topological polar surface area (TPSA) is 12.0 Å². The van der Waals surface area contributed by atoms with Crippen molar-refractivity contribution in [3.63, 3.8) is 0 Å². The predicted molar refractivity (Wildman–Crippen MR) is 170 cm³/mol. The molecule has 4 fully saturated rings. The van der Waals surface area contributed by atoms with E-state index in [0.29, 0.717) is 0 Å². The van der Waals surface area contributed by atoms with Crippen LogP contribution in [0.25, 0.3) is 33.4 Å². The maximum atomic E-state index is 3.78. The van der Waals surface area contributed by atoms with E-state index in [9.17, 15) is 0 Å². The van der Waals surface area contributed by atoms with E-state index in [0.717, 1.165) is 29.4 Å². The van der Waals surface area contributed by atoms with E-state index in [4.69, 9.17) is 0 Å². The summed E-state index contributed by atoms with van der Waals surface area (Å²) in [6.45, 7) is 0. The number of nitrogens with one attached hydrogen (secondary N) is 1. The highest BCUT2D eigenvalue weighted by atomic mass is 14.9. The predicted octanol–water partition coefficient (Wildman–Crippen LogP) is 10.5. The molecule has 1 N–H and O–H groups in total. The van der Waals surface area contributed by atoms with Gasteiger partial charge in [-0.15, -0.1) is 0 Å². The Hall–Kier alpha value is -4.10. The Morgan fingerprint density at radius 1 is 0.439 bits per heavy atom. The van der Waals surface area contributed by atoms with E-state index in [1.54, 1.807) is 11.1 Å². The zero-order valence-electron chi connectivity index (χ0n) is 23.4. The van der Waals surface area contributed by atoms with Crippen LogP contribution in [0.2, 0.25) is 0 Å². The van der Waals surface area contributed by atoms with Gasteiger partial charge < -0.3 is 5.32 Å². The largest absolute Gasteiger partial charge is 0.355 e. The molecule has 0 saturated heterocycles. The van der Waals surface area contributed by atoms with E-state index in [1.807, 2.05) is 0 Å². The lowest BCUT2D eigenvalue weighted by molar-refractivity contribution is -0.0399. The number of rotatable bonds is 4. The molecule has 41 heavy (non-hydrogen) atoms. The molecule has 1 spiro atoms. The second kappa shape index (κ2) is 8.95. The Labute approximate surface area is 243 Å². The fourth-order valence-corrected chi connectivity index (χ4v) is 9.69. The normalized spacial score (nSPS) is 26.6. The van der Waals surface area contributed by atoms with Gasteiger partial charge >= 0.3 is 0 Å². The third kappa shape index (κ3) is 3.54. The van der Waals surface area contributed by atoms with Crippen molar-refractivity contribution in [1.82, 2.24) is 0 Å². The Balaban J connectivity index is 1.07. The van der Waals surface area contributed by atoms with Gasteiger partial charge in [-0.2, -0.15) is 0 Å². The van der Waals surface area contributed by atoms with Gasteiger partial charge in [-0.1, -0.05) is 91.0 Å². The summed E-state index contributed by atoms with van der Waals surface area (Å²) < 4.78 is 0. The fourth-order valence-electron chi connectivity index (χ4n) is 9.69. The van der Waals surface area contributed by atoms with Crippen LogP contribution in [0.5, 0.6) is 0 Å². The van der Waals surface area contributed by atoms with Gasteiger partial charge in [0.05, 0.1) is 0 Å². The Kier molecular flexibility index (Phi) is 5.15.